The van der Waals surface area contributed by atoms with E-state index >= 15 is 0 Å². The number of hydrogen-bond donors (Lipinski definition) is 0. The fourth-order valence-corrected chi connectivity index (χ4v) is 4.19. The van der Waals surface area contributed by atoms with Crippen LogP contribution in [-0.2, 0) is 12.8 Å². The average molecular weight is 246 g/mol. The SMILES string of the molecule is c1cc(-c2cn3c4c(sc3n2)CCC4)cs1. The van der Waals surface area contributed by atoms with Gasteiger partial charge in [0, 0.05) is 27.7 Å². The number of nitrogens with zero attached hydrogens (tertiary/aromatic N) is 2. The van der Waals surface area contributed by atoms with Crippen molar-refractivity contribution in [3.63, 3.8) is 0 Å². The molecule has 0 saturated heterocycles. The van der Waals surface area contributed by atoms with E-state index in [1.54, 1.807) is 16.2 Å². The van der Waals surface area contributed by atoms with E-state index in [2.05, 4.69) is 27.4 Å². The van der Waals surface area contributed by atoms with E-state index in [1.807, 2.05) is 11.3 Å². The molecule has 0 aromatic carbocycles. The second kappa shape index (κ2) is 3.18. The van der Waals surface area contributed by atoms with Crippen LogP contribution in [0.25, 0.3) is 16.2 Å². The number of hydrogen-bond acceptors (Lipinski definition) is 3. The van der Waals surface area contributed by atoms with Crippen molar-refractivity contribution in [2.45, 2.75) is 19.3 Å². The Hall–Kier alpha value is -1.13. The van der Waals surface area contributed by atoms with E-state index in [9.17, 15) is 0 Å². The Bertz CT molecular complexity index is 646. The van der Waals surface area contributed by atoms with Crippen LogP contribution in [0.4, 0.5) is 0 Å². The monoisotopic (exact) mass is 246 g/mol. The van der Waals surface area contributed by atoms with Crippen LogP contribution < -0.4 is 0 Å². The number of fused-ring (bicyclic) bond motifs is 3. The Morgan fingerprint density at radius 3 is 3.19 bits per heavy atom. The van der Waals surface area contributed by atoms with Gasteiger partial charge in [-0.1, -0.05) is 0 Å². The maximum absolute atomic E-state index is 4.71. The van der Waals surface area contributed by atoms with Crippen molar-refractivity contribution >= 4 is 27.6 Å². The molecule has 0 N–H and O–H groups in total. The van der Waals surface area contributed by atoms with Crippen LogP contribution in [0.5, 0.6) is 0 Å². The molecular weight excluding hydrogens is 236 g/mol. The van der Waals surface area contributed by atoms with Crippen molar-refractivity contribution in [2.24, 2.45) is 0 Å². The standard InChI is InChI=1S/C12H10N2S2/c1-2-10-11(3-1)16-12-13-9(6-14(10)12)8-4-5-15-7-8/h4-7H,1-3H2. The van der Waals surface area contributed by atoms with E-state index in [0.29, 0.717) is 0 Å². The zero-order valence-corrected chi connectivity index (χ0v) is 10.3. The van der Waals surface area contributed by atoms with Gasteiger partial charge in [-0.3, -0.25) is 4.40 Å². The molecule has 0 bridgehead atoms. The van der Waals surface area contributed by atoms with E-state index in [1.165, 1.54) is 30.5 Å². The van der Waals surface area contributed by atoms with Crippen LogP contribution in [0.1, 0.15) is 17.0 Å². The molecule has 0 aliphatic heterocycles. The minimum atomic E-state index is 1.11. The molecule has 0 fully saturated rings. The van der Waals surface area contributed by atoms with Crippen LogP contribution in [0.2, 0.25) is 0 Å². The van der Waals surface area contributed by atoms with Gasteiger partial charge in [0.05, 0.1) is 5.69 Å². The van der Waals surface area contributed by atoms with Gasteiger partial charge in [0.2, 0.25) is 0 Å². The van der Waals surface area contributed by atoms with Gasteiger partial charge >= 0.3 is 0 Å². The predicted octanol–water partition coefficient (Wildman–Crippen LogP) is 3.61. The van der Waals surface area contributed by atoms with Crippen molar-refractivity contribution in [3.8, 4) is 11.3 Å². The molecule has 1 aliphatic rings. The molecule has 3 aromatic rings. The first kappa shape index (κ1) is 8.96. The first-order valence-corrected chi connectivity index (χ1v) is 7.20. The molecule has 0 radical (unpaired) electrons. The molecule has 1 aliphatic carbocycles. The average Bonchev–Trinajstić information content (AvgIpc) is 2.98. The van der Waals surface area contributed by atoms with Crippen LogP contribution in [0.15, 0.2) is 23.0 Å². The molecule has 4 rings (SSSR count). The lowest BCUT2D eigenvalue weighted by Crippen LogP contribution is -1.84. The molecule has 3 aromatic heterocycles. The first-order valence-electron chi connectivity index (χ1n) is 5.44. The summed E-state index contributed by atoms with van der Waals surface area (Å²) >= 11 is 3.59. The number of thiophene rings is 1. The normalized spacial score (nSPS) is 14.8. The minimum absolute atomic E-state index is 1.11. The van der Waals surface area contributed by atoms with Crippen molar-refractivity contribution in [1.82, 2.24) is 9.38 Å². The number of aryl methyl sites for hydroxylation is 2. The Balaban J connectivity index is 1.95. The molecule has 4 heteroatoms. The van der Waals surface area contributed by atoms with Gasteiger partial charge in [-0.05, 0) is 30.7 Å². The number of imidazole rings is 1. The summed E-state index contributed by atoms with van der Waals surface area (Å²) in [4.78, 5) is 7.41. The molecule has 0 atom stereocenters. The lowest BCUT2D eigenvalue weighted by Gasteiger charge is -1.90. The van der Waals surface area contributed by atoms with Crippen molar-refractivity contribution in [1.29, 1.82) is 0 Å². The molecular formula is C12H10N2S2. The Kier molecular flexibility index (Phi) is 1.78. The topological polar surface area (TPSA) is 17.3 Å². The number of aromatic nitrogens is 2. The van der Waals surface area contributed by atoms with Gasteiger partial charge in [0.25, 0.3) is 0 Å². The van der Waals surface area contributed by atoms with Crippen molar-refractivity contribution in [3.05, 3.63) is 33.6 Å². The molecule has 0 saturated carbocycles. The van der Waals surface area contributed by atoms with Gasteiger partial charge in [0.15, 0.2) is 4.96 Å². The summed E-state index contributed by atoms with van der Waals surface area (Å²) in [5, 5.41) is 4.26. The summed E-state index contributed by atoms with van der Waals surface area (Å²) in [6.07, 6.45) is 5.97. The van der Waals surface area contributed by atoms with Crippen LogP contribution in [-0.4, -0.2) is 9.38 Å². The molecule has 2 nitrogen and oxygen atoms in total. The van der Waals surface area contributed by atoms with Crippen molar-refractivity contribution in [2.75, 3.05) is 0 Å². The van der Waals surface area contributed by atoms with Gasteiger partial charge in [-0.25, -0.2) is 4.98 Å². The molecule has 0 amide bonds. The summed E-state index contributed by atoms with van der Waals surface area (Å²) in [5.74, 6) is 0. The molecule has 80 valence electrons. The summed E-state index contributed by atoms with van der Waals surface area (Å²) in [7, 11) is 0. The zero-order chi connectivity index (χ0) is 10.5. The van der Waals surface area contributed by atoms with E-state index < -0.39 is 0 Å². The Morgan fingerprint density at radius 1 is 1.31 bits per heavy atom. The molecule has 0 spiro atoms. The lowest BCUT2D eigenvalue weighted by molar-refractivity contribution is 0.888. The highest BCUT2D eigenvalue weighted by atomic mass is 32.1. The third kappa shape index (κ3) is 1.14. The van der Waals surface area contributed by atoms with Gasteiger partial charge in [0.1, 0.15) is 0 Å². The summed E-state index contributed by atoms with van der Waals surface area (Å²) in [6, 6.07) is 2.14. The Morgan fingerprint density at radius 2 is 2.31 bits per heavy atom. The Labute approximate surface area is 101 Å². The second-order valence-corrected chi connectivity index (χ2v) is 5.96. The maximum atomic E-state index is 4.71. The largest absolute Gasteiger partial charge is 0.294 e. The molecule has 3 heterocycles. The first-order chi connectivity index (χ1) is 7.92. The maximum Gasteiger partial charge on any atom is 0.194 e. The van der Waals surface area contributed by atoms with E-state index in [-0.39, 0.29) is 0 Å². The minimum Gasteiger partial charge on any atom is -0.294 e. The number of thiazole rings is 1. The molecule has 0 unspecified atom stereocenters. The summed E-state index contributed by atoms with van der Waals surface area (Å²) in [6.45, 7) is 0. The van der Waals surface area contributed by atoms with E-state index in [4.69, 9.17) is 4.98 Å². The van der Waals surface area contributed by atoms with Crippen LogP contribution >= 0.6 is 22.7 Å². The molecule has 16 heavy (non-hydrogen) atoms. The van der Waals surface area contributed by atoms with Crippen molar-refractivity contribution < 1.29 is 0 Å². The highest BCUT2D eigenvalue weighted by molar-refractivity contribution is 7.17. The quantitative estimate of drug-likeness (QED) is 0.641. The van der Waals surface area contributed by atoms with Crippen LogP contribution in [0, 0.1) is 0 Å². The predicted molar refractivity (Wildman–Crippen MR) is 68.4 cm³/mol. The fourth-order valence-electron chi connectivity index (χ4n) is 2.35. The third-order valence-corrected chi connectivity index (χ3v) is 4.98. The summed E-state index contributed by atoms with van der Waals surface area (Å²) in [5.41, 5.74) is 3.85. The highest BCUT2D eigenvalue weighted by Gasteiger charge is 2.19. The second-order valence-electron chi connectivity index (χ2n) is 4.12. The van der Waals surface area contributed by atoms with Gasteiger partial charge < -0.3 is 0 Å². The highest BCUT2D eigenvalue weighted by Crippen LogP contribution is 2.33. The third-order valence-electron chi connectivity index (χ3n) is 3.14. The van der Waals surface area contributed by atoms with Crippen LogP contribution in [0.3, 0.4) is 0 Å². The fraction of sp³-hybridized carbons (Fsp3) is 0.250. The number of rotatable bonds is 1. The van der Waals surface area contributed by atoms with Gasteiger partial charge in [-0.2, -0.15) is 11.3 Å². The summed E-state index contributed by atoms with van der Waals surface area (Å²) < 4.78 is 2.29. The smallest absolute Gasteiger partial charge is 0.194 e. The van der Waals surface area contributed by atoms with Gasteiger partial charge in [-0.15, -0.1) is 11.3 Å². The van der Waals surface area contributed by atoms with E-state index in [0.717, 1.165) is 10.7 Å². The zero-order valence-electron chi connectivity index (χ0n) is 8.64. The lowest BCUT2D eigenvalue weighted by atomic mass is 10.3.